The molecule has 0 radical (unpaired) electrons. The molecular formula is C16H24N2. The minimum absolute atomic E-state index is 0.884. The van der Waals surface area contributed by atoms with Crippen LogP contribution in [0.25, 0.3) is 10.9 Å². The molecular weight excluding hydrogens is 220 g/mol. The van der Waals surface area contributed by atoms with Crippen molar-refractivity contribution in [3.05, 3.63) is 30.5 Å². The van der Waals surface area contributed by atoms with Gasteiger partial charge in [0.25, 0.3) is 0 Å². The molecule has 2 N–H and O–H groups in total. The summed E-state index contributed by atoms with van der Waals surface area (Å²) in [4.78, 5) is 0. The molecule has 0 atom stereocenters. The van der Waals surface area contributed by atoms with Crippen LogP contribution < -0.4 is 5.73 Å². The highest BCUT2D eigenvalue weighted by Gasteiger charge is 2.02. The number of fused-ring (bicyclic) bond motifs is 1. The van der Waals surface area contributed by atoms with Gasteiger partial charge in [-0.05, 0) is 24.6 Å². The van der Waals surface area contributed by atoms with Gasteiger partial charge in [-0.1, -0.05) is 45.1 Å². The predicted octanol–water partition coefficient (Wildman–Crippen LogP) is 4.58. The zero-order chi connectivity index (χ0) is 12.8. The molecule has 98 valence electrons. The second kappa shape index (κ2) is 6.48. The van der Waals surface area contributed by atoms with Crippen molar-refractivity contribution in [1.29, 1.82) is 0 Å². The fraction of sp³-hybridized carbons (Fsp3) is 0.500. The number of rotatable bonds is 7. The van der Waals surface area contributed by atoms with E-state index in [1.54, 1.807) is 0 Å². The van der Waals surface area contributed by atoms with Gasteiger partial charge < -0.3 is 10.3 Å². The summed E-state index contributed by atoms with van der Waals surface area (Å²) >= 11 is 0. The van der Waals surface area contributed by atoms with Gasteiger partial charge in [0, 0.05) is 23.8 Å². The topological polar surface area (TPSA) is 30.9 Å². The van der Waals surface area contributed by atoms with Gasteiger partial charge in [0.1, 0.15) is 0 Å². The molecule has 0 aliphatic rings. The highest BCUT2D eigenvalue weighted by Crippen LogP contribution is 2.22. The first kappa shape index (κ1) is 13.0. The van der Waals surface area contributed by atoms with Crippen LogP contribution in [0.2, 0.25) is 0 Å². The number of nitrogens with zero attached hydrogens (tertiary/aromatic N) is 1. The molecule has 2 rings (SSSR count). The van der Waals surface area contributed by atoms with Crippen LogP contribution >= 0.6 is 0 Å². The Morgan fingerprint density at radius 2 is 1.78 bits per heavy atom. The number of nitrogen functional groups attached to an aromatic ring is 1. The van der Waals surface area contributed by atoms with Crippen molar-refractivity contribution in [3.8, 4) is 0 Å². The maximum absolute atomic E-state index is 5.97. The average molecular weight is 244 g/mol. The first-order chi connectivity index (χ1) is 8.83. The van der Waals surface area contributed by atoms with Crippen LogP contribution in [0, 0.1) is 0 Å². The van der Waals surface area contributed by atoms with E-state index in [0.717, 1.165) is 12.2 Å². The van der Waals surface area contributed by atoms with Crippen LogP contribution in [0.3, 0.4) is 0 Å². The van der Waals surface area contributed by atoms with Gasteiger partial charge in [-0.3, -0.25) is 0 Å². The predicted molar refractivity (Wildman–Crippen MR) is 79.7 cm³/mol. The Morgan fingerprint density at radius 1 is 1.00 bits per heavy atom. The van der Waals surface area contributed by atoms with E-state index in [9.17, 15) is 0 Å². The zero-order valence-corrected chi connectivity index (χ0v) is 11.4. The van der Waals surface area contributed by atoms with Gasteiger partial charge in [-0.2, -0.15) is 0 Å². The SMILES string of the molecule is CCCCCCCCn1ccc2c(N)cccc21. The highest BCUT2D eigenvalue weighted by atomic mass is 14.9. The maximum Gasteiger partial charge on any atom is 0.0501 e. The van der Waals surface area contributed by atoms with E-state index in [2.05, 4.69) is 29.8 Å². The Hall–Kier alpha value is -1.44. The molecule has 2 aromatic rings. The number of unbranched alkanes of at least 4 members (excludes halogenated alkanes) is 5. The van der Waals surface area contributed by atoms with Crippen molar-refractivity contribution in [3.63, 3.8) is 0 Å². The van der Waals surface area contributed by atoms with E-state index in [1.165, 1.54) is 49.4 Å². The Labute approximate surface area is 110 Å². The Kier molecular flexibility index (Phi) is 4.68. The number of benzene rings is 1. The van der Waals surface area contributed by atoms with E-state index < -0.39 is 0 Å². The van der Waals surface area contributed by atoms with Crippen molar-refractivity contribution < 1.29 is 0 Å². The molecule has 0 spiro atoms. The standard InChI is InChI=1S/C16H24N2/c1-2-3-4-5-6-7-12-18-13-11-14-15(17)9-8-10-16(14)18/h8-11,13H,2-7,12,17H2,1H3. The molecule has 2 nitrogen and oxygen atoms in total. The number of hydrogen-bond donors (Lipinski definition) is 1. The normalized spacial score (nSPS) is 11.2. The number of aryl methyl sites for hydroxylation is 1. The van der Waals surface area contributed by atoms with E-state index in [4.69, 9.17) is 5.73 Å². The summed E-state index contributed by atoms with van der Waals surface area (Å²) in [5, 5.41) is 1.18. The summed E-state index contributed by atoms with van der Waals surface area (Å²) in [5.41, 5.74) is 8.12. The quantitative estimate of drug-likeness (QED) is 0.560. The number of aromatic nitrogens is 1. The van der Waals surface area contributed by atoms with Gasteiger partial charge in [0.2, 0.25) is 0 Å². The molecule has 0 bridgehead atoms. The molecule has 0 saturated heterocycles. The molecule has 1 heterocycles. The lowest BCUT2D eigenvalue weighted by molar-refractivity contribution is 0.565. The third-order valence-electron chi connectivity index (χ3n) is 3.60. The Morgan fingerprint density at radius 3 is 2.61 bits per heavy atom. The third kappa shape index (κ3) is 3.06. The second-order valence-corrected chi connectivity index (χ2v) is 5.06. The van der Waals surface area contributed by atoms with Crippen LogP contribution in [-0.4, -0.2) is 4.57 Å². The molecule has 18 heavy (non-hydrogen) atoms. The summed E-state index contributed by atoms with van der Waals surface area (Å²) in [7, 11) is 0. The lowest BCUT2D eigenvalue weighted by atomic mass is 10.1. The molecule has 0 unspecified atom stereocenters. The zero-order valence-electron chi connectivity index (χ0n) is 11.4. The van der Waals surface area contributed by atoms with Gasteiger partial charge in [-0.25, -0.2) is 0 Å². The molecule has 0 aliphatic carbocycles. The molecule has 0 saturated carbocycles. The van der Waals surface area contributed by atoms with Crippen LogP contribution in [-0.2, 0) is 6.54 Å². The number of nitrogens with two attached hydrogens (primary N) is 1. The van der Waals surface area contributed by atoms with Crippen molar-refractivity contribution in [2.75, 3.05) is 5.73 Å². The monoisotopic (exact) mass is 244 g/mol. The molecule has 0 fully saturated rings. The molecule has 0 aliphatic heterocycles. The lowest BCUT2D eigenvalue weighted by Crippen LogP contribution is -1.96. The van der Waals surface area contributed by atoms with E-state index in [0.29, 0.717) is 0 Å². The lowest BCUT2D eigenvalue weighted by Gasteiger charge is -2.06. The van der Waals surface area contributed by atoms with Crippen molar-refractivity contribution >= 4 is 16.6 Å². The fourth-order valence-corrected chi connectivity index (χ4v) is 2.50. The van der Waals surface area contributed by atoms with Gasteiger partial charge in [0.15, 0.2) is 0 Å². The molecule has 2 heteroatoms. The largest absolute Gasteiger partial charge is 0.398 e. The summed E-state index contributed by atoms with van der Waals surface area (Å²) in [5.74, 6) is 0. The van der Waals surface area contributed by atoms with E-state index >= 15 is 0 Å². The molecule has 1 aromatic carbocycles. The van der Waals surface area contributed by atoms with E-state index in [1.807, 2.05) is 12.1 Å². The van der Waals surface area contributed by atoms with Crippen LogP contribution in [0.15, 0.2) is 30.5 Å². The first-order valence-electron chi connectivity index (χ1n) is 7.16. The second-order valence-electron chi connectivity index (χ2n) is 5.06. The summed E-state index contributed by atoms with van der Waals surface area (Å²) in [6.07, 6.45) is 10.2. The van der Waals surface area contributed by atoms with Gasteiger partial charge in [-0.15, -0.1) is 0 Å². The van der Waals surface area contributed by atoms with Crippen LogP contribution in [0.5, 0.6) is 0 Å². The Balaban J connectivity index is 1.86. The first-order valence-corrected chi connectivity index (χ1v) is 7.16. The highest BCUT2D eigenvalue weighted by molar-refractivity contribution is 5.91. The molecule has 1 aromatic heterocycles. The maximum atomic E-state index is 5.97. The summed E-state index contributed by atoms with van der Waals surface area (Å²) in [6, 6.07) is 8.29. The average Bonchev–Trinajstić information content (AvgIpc) is 2.79. The number of anilines is 1. The smallest absolute Gasteiger partial charge is 0.0501 e. The Bertz CT molecular complexity index is 485. The van der Waals surface area contributed by atoms with Crippen molar-refractivity contribution in [1.82, 2.24) is 4.57 Å². The van der Waals surface area contributed by atoms with E-state index in [-0.39, 0.29) is 0 Å². The molecule has 0 amide bonds. The summed E-state index contributed by atoms with van der Waals surface area (Å²) in [6.45, 7) is 3.37. The van der Waals surface area contributed by atoms with Crippen LogP contribution in [0.4, 0.5) is 5.69 Å². The summed E-state index contributed by atoms with van der Waals surface area (Å²) < 4.78 is 2.32. The number of hydrogen-bond acceptors (Lipinski definition) is 1. The van der Waals surface area contributed by atoms with Gasteiger partial charge in [0.05, 0.1) is 5.52 Å². The minimum atomic E-state index is 0.884. The van der Waals surface area contributed by atoms with Crippen LogP contribution in [0.1, 0.15) is 45.4 Å². The van der Waals surface area contributed by atoms with Crippen molar-refractivity contribution in [2.24, 2.45) is 0 Å². The minimum Gasteiger partial charge on any atom is -0.398 e. The third-order valence-corrected chi connectivity index (χ3v) is 3.60. The fourth-order valence-electron chi connectivity index (χ4n) is 2.50. The van der Waals surface area contributed by atoms with Crippen molar-refractivity contribution in [2.45, 2.75) is 52.0 Å². The van der Waals surface area contributed by atoms with Gasteiger partial charge >= 0.3 is 0 Å².